The van der Waals surface area contributed by atoms with Crippen LogP contribution in [0.5, 0.6) is 0 Å². The smallest absolute Gasteiger partial charge is 0.270 e. The van der Waals surface area contributed by atoms with Gasteiger partial charge in [-0.1, -0.05) is 18.5 Å². The number of rotatable bonds is 3. The van der Waals surface area contributed by atoms with Gasteiger partial charge in [0.2, 0.25) is 0 Å². The molecule has 0 radical (unpaired) electrons. The van der Waals surface area contributed by atoms with Crippen molar-refractivity contribution in [2.75, 3.05) is 13.1 Å². The Labute approximate surface area is 106 Å². The molecule has 0 unspecified atom stereocenters. The largest absolute Gasteiger partial charge is 0.386 e. The lowest BCUT2D eigenvalue weighted by Crippen LogP contribution is -2.61. The van der Waals surface area contributed by atoms with Crippen LogP contribution in [0.4, 0.5) is 0 Å². The summed E-state index contributed by atoms with van der Waals surface area (Å²) in [4.78, 5) is 13.8. The van der Waals surface area contributed by atoms with E-state index in [0.717, 1.165) is 13.0 Å². The molecule has 2 rings (SSSR count). The number of nitrogens with zero attached hydrogens (tertiary/aromatic N) is 2. The third kappa shape index (κ3) is 2.48. The maximum Gasteiger partial charge on any atom is 0.270 e. The Kier molecular flexibility index (Phi) is 3.19. The number of carbonyl (C=O) groups is 1. The van der Waals surface area contributed by atoms with Crippen LogP contribution in [0.1, 0.15) is 30.8 Å². The van der Waals surface area contributed by atoms with Crippen LogP contribution in [0.15, 0.2) is 12.3 Å². The fraction of sp³-hybridized carbons (Fsp3) is 0.583. The van der Waals surface area contributed by atoms with Gasteiger partial charge < -0.3 is 14.6 Å². The third-order valence-corrected chi connectivity index (χ3v) is 3.10. The zero-order valence-corrected chi connectivity index (χ0v) is 10.9. The number of β-amino-alcohol motifs (C(OH)–C–C–N with tert-alkyl or cyclic N) is 1. The minimum atomic E-state index is -0.734. The van der Waals surface area contributed by atoms with Crippen molar-refractivity contribution < 1.29 is 9.90 Å². The first kappa shape index (κ1) is 12.5. The highest BCUT2D eigenvalue weighted by molar-refractivity contribution is 6.31. The van der Waals surface area contributed by atoms with Gasteiger partial charge in [0, 0.05) is 12.7 Å². The van der Waals surface area contributed by atoms with Gasteiger partial charge in [-0.25, -0.2) is 0 Å². The number of likely N-dealkylation sites (tertiary alicyclic amines) is 1. The molecule has 1 amide bonds. The Hall–Kier alpha value is -1.00. The van der Waals surface area contributed by atoms with Gasteiger partial charge in [-0.3, -0.25) is 4.79 Å². The summed E-state index contributed by atoms with van der Waals surface area (Å²) < 4.78 is 1.87. The Bertz CT molecular complexity index is 432. The van der Waals surface area contributed by atoms with E-state index < -0.39 is 5.60 Å². The number of aromatic nitrogens is 1. The first-order valence-corrected chi connectivity index (χ1v) is 6.18. The van der Waals surface area contributed by atoms with Crippen molar-refractivity contribution in [3.63, 3.8) is 0 Å². The normalized spacial score (nSPS) is 18.0. The molecular formula is C12H17ClN2O2. The lowest BCUT2D eigenvalue weighted by Gasteiger charge is -2.44. The molecule has 0 bridgehead atoms. The van der Waals surface area contributed by atoms with Gasteiger partial charge in [-0.15, -0.1) is 0 Å². The van der Waals surface area contributed by atoms with Gasteiger partial charge in [0.05, 0.1) is 23.7 Å². The van der Waals surface area contributed by atoms with Gasteiger partial charge in [0.1, 0.15) is 5.69 Å². The summed E-state index contributed by atoms with van der Waals surface area (Å²) in [5.74, 6) is -0.0584. The van der Waals surface area contributed by atoms with Crippen molar-refractivity contribution in [2.24, 2.45) is 0 Å². The van der Waals surface area contributed by atoms with E-state index in [1.807, 2.05) is 4.57 Å². The van der Waals surface area contributed by atoms with Crippen molar-refractivity contribution in [3.05, 3.63) is 23.0 Å². The van der Waals surface area contributed by atoms with Crippen LogP contribution in [-0.2, 0) is 6.54 Å². The summed E-state index contributed by atoms with van der Waals surface area (Å²) in [5, 5.41) is 10.2. The van der Waals surface area contributed by atoms with Crippen LogP contribution < -0.4 is 0 Å². The summed E-state index contributed by atoms with van der Waals surface area (Å²) in [6.07, 6.45) is 2.72. The fourth-order valence-corrected chi connectivity index (χ4v) is 2.38. The minimum absolute atomic E-state index is 0.0584. The van der Waals surface area contributed by atoms with Gasteiger partial charge in [0.15, 0.2) is 0 Å². The standard InChI is InChI=1S/C12H17ClN2O2/c1-3-4-14-6-9(13)5-10(14)11(16)15-7-12(2,17)8-15/h5-6,17H,3-4,7-8H2,1-2H3. The number of hydrogen-bond acceptors (Lipinski definition) is 2. The first-order chi connectivity index (χ1) is 7.93. The van der Waals surface area contributed by atoms with Crippen LogP contribution in [0.3, 0.4) is 0 Å². The van der Waals surface area contributed by atoms with Crippen molar-refractivity contribution in [1.29, 1.82) is 0 Å². The van der Waals surface area contributed by atoms with Crippen LogP contribution in [0.2, 0.25) is 5.02 Å². The molecule has 0 aliphatic carbocycles. The van der Waals surface area contributed by atoms with E-state index in [2.05, 4.69) is 6.92 Å². The lowest BCUT2D eigenvalue weighted by atomic mass is 9.96. The molecule has 1 aromatic heterocycles. The highest BCUT2D eigenvalue weighted by Crippen LogP contribution is 2.24. The second-order valence-corrected chi connectivity index (χ2v) is 5.33. The number of carbonyl (C=O) groups excluding carboxylic acids is 1. The molecule has 0 spiro atoms. The molecule has 5 heteroatoms. The minimum Gasteiger partial charge on any atom is -0.386 e. The number of aryl methyl sites for hydroxylation is 1. The SMILES string of the molecule is CCCn1cc(Cl)cc1C(=O)N1CC(C)(O)C1. The molecule has 1 fully saturated rings. The molecule has 0 saturated carbocycles. The van der Waals surface area contributed by atoms with Gasteiger partial charge >= 0.3 is 0 Å². The third-order valence-electron chi connectivity index (χ3n) is 2.90. The molecule has 94 valence electrons. The predicted molar refractivity (Wildman–Crippen MR) is 66.3 cm³/mol. The highest BCUT2D eigenvalue weighted by Gasteiger charge is 2.40. The summed E-state index contributed by atoms with van der Waals surface area (Å²) in [6, 6.07) is 1.69. The first-order valence-electron chi connectivity index (χ1n) is 5.80. The zero-order valence-electron chi connectivity index (χ0n) is 10.1. The lowest BCUT2D eigenvalue weighted by molar-refractivity contribution is -0.0672. The molecular weight excluding hydrogens is 240 g/mol. The monoisotopic (exact) mass is 256 g/mol. The Morgan fingerprint density at radius 3 is 2.76 bits per heavy atom. The summed E-state index contributed by atoms with van der Waals surface area (Å²) >= 11 is 5.93. The maximum atomic E-state index is 12.2. The maximum absolute atomic E-state index is 12.2. The number of amides is 1. The van der Waals surface area contributed by atoms with E-state index in [1.165, 1.54) is 0 Å². The van der Waals surface area contributed by atoms with Crippen LogP contribution >= 0.6 is 11.6 Å². The van der Waals surface area contributed by atoms with Crippen molar-refractivity contribution in [2.45, 2.75) is 32.4 Å². The number of hydrogen-bond donors (Lipinski definition) is 1. The van der Waals surface area contributed by atoms with Crippen LogP contribution in [0, 0.1) is 0 Å². The Morgan fingerprint density at radius 1 is 1.59 bits per heavy atom. The second kappa shape index (κ2) is 4.35. The average molecular weight is 257 g/mol. The Balaban J connectivity index is 2.14. The molecule has 1 aliphatic rings. The zero-order chi connectivity index (χ0) is 12.6. The van der Waals surface area contributed by atoms with E-state index >= 15 is 0 Å². The van der Waals surface area contributed by atoms with Crippen molar-refractivity contribution >= 4 is 17.5 Å². The van der Waals surface area contributed by atoms with Crippen LogP contribution in [-0.4, -0.2) is 39.2 Å². The molecule has 0 atom stereocenters. The molecule has 1 saturated heterocycles. The predicted octanol–water partition coefficient (Wildman–Crippen LogP) is 1.76. The van der Waals surface area contributed by atoms with Gasteiger partial charge in [-0.2, -0.15) is 0 Å². The highest BCUT2D eigenvalue weighted by atomic mass is 35.5. The van der Waals surface area contributed by atoms with E-state index in [4.69, 9.17) is 11.6 Å². The molecule has 1 aromatic rings. The van der Waals surface area contributed by atoms with E-state index in [9.17, 15) is 9.90 Å². The van der Waals surface area contributed by atoms with E-state index in [-0.39, 0.29) is 5.91 Å². The quantitative estimate of drug-likeness (QED) is 0.896. The molecule has 1 N–H and O–H groups in total. The average Bonchev–Trinajstić information content (AvgIpc) is 2.55. The van der Waals surface area contributed by atoms with Crippen molar-refractivity contribution in [3.8, 4) is 0 Å². The number of halogens is 1. The fourth-order valence-electron chi connectivity index (χ4n) is 2.16. The van der Waals surface area contributed by atoms with Crippen molar-refractivity contribution in [1.82, 2.24) is 9.47 Å². The van der Waals surface area contributed by atoms with Gasteiger partial charge in [0.25, 0.3) is 5.91 Å². The summed E-state index contributed by atoms with van der Waals surface area (Å²) in [7, 11) is 0. The topological polar surface area (TPSA) is 45.5 Å². The second-order valence-electron chi connectivity index (χ2n) is 4.90. The number of aliphatic hydroxyl groups is 1. The molecule has 1 aliphatic heterocycles. The molecule has 17 heavy (non-hydrogen) atoms. The van der Waals surface area contributed by atoms with Gasteiger partial charge in [-0.05, 0) is 19.4 Å². The molecule has 0 aromatic carbocycles. The van der Waals surface area contributed by atoms with E-state index in [1.54, 1.807) is 24.1 Å². The van der Waals surface area contributed by atoms with E-state index in [0.29, 0.717) is 23.8 Å². The molecule has 4 nitrogen and oxygen atoms in total. The van der Waals surface area contributed by atoms with Crippen LogP contribution in [0.25, 0.3) is 0 Å². The Morgan fingerprint density at radius 2 is 2.24 bits per heavy atom. The summed E-state index contributed by atoms with van der Waals surface area (Å²) in [6.45, 7) is 5.34. The summed E-state index contributed by atoms with van der Waals surface area (Å²) in [5.41, 5.74) is -0.130. The molecule has 2 heterocycles.